The Morgan fingerprint density at radius 3 is 2.88 bits per heavy atom. The first kappa shape index (κ1) is 12.1. The minimum atomic E-state index is -0.198. The lowest BCUT2D eigenvalue weighted by Crippen LogP contribution is -2.42. The Labute approximate surface area is 102 Å². The summed E-state index contributed by atoms with van der Waals surface area (Å²) in [5.41, 5.74) is 0.640. The topological polar surface area (TPSA) is 38.3 Å². The molecule has 0 aromatic heterocycles. The molecule has 3 heteroatoms. The first-order valence-corrected chi connectivity index (χ1v) is 6.28. The van der Waals surface area contributed by atoms with Crippen molar-refractivity contribution in [3.8, 4) is 0 Å². The lowest BCUT2D eigenvalue weighted by molar-refractivity contribution is 0.00432. The summed E-state index contributed by atoms with van der Waals surface area (Å²) in [6.45, 7) is 4.02. The van der Waals surface area contributed by atoms with Crippen LogP contribution in [0.4, 0.5) is 0 Å². The van der Waals surface area contributed by atoms with Crippen LogP contribution in [0, 0.1) is 5.92 Å². The molecule has 1 saturated heterocycles. The molecular formula is C14H19NO2. The first-order chi connectivity index (χ1) is 8.31. The van der Waals surface area contributed by atoms with Gasteiger partial charge in [-0.1, -0.05) is 25.1 Å². The number of esters is 1. The average Bonchev–Trinajstić information content (AvgIpc) is 2.40. The number of rotatable bonds is 3. The molecule has 3 nitrogen and oxygen atoms in total. The molecule has 92 valence electrons. The molecule has 1 aliphatic rings. The first-order valence-electron chi connectivity index (χ1n) is 6.28. The molecular weight excluding hydrogens is 214 g/mol. The molecule has 1 heterocycles. The molecule has 0 radical (unpaired) electrons. The minimum Gasteiger partial charge on any atom is -0.458 e. The number of nitrogens with one attached hydrogen (secondary N) is 1. The van der Waals surface area contributed by atoms with E-state index in [-0.39, 0.29) is 12.1 Å². The second kappa shape index (κ2) is 5.82. The van der Waals surface area contributed by atoms with Crippen LogP contribution >= 0.6 is 0 Å². The van der Waals surface area contributed by atoms with Crippen LogP contribution in [0.15, 0.2) is 30.3 Å². The van der Waals surface area contributed by atoms with E-state index in [9.17, 15) is 4.79 Å². The fraction of sp³-hybridized carbons (Fsp3) is 0.500. The molecule has 1 aromatic rings. The quantitative estimate of drug-likeness (QED) is 0.814. The van der Waals surface area contributed by atoms with Crippen molar-refractivity contribution >= 4 is 5.97 Å². The van der Waals surface area contributed by atoms with E-state index in [2.05, 4.69) is 12.2 Å². The molecule has 1 fully saturated rings. The van der Waals surface area contributed by atoms with Crippen LogP contribution in [0.1, 0.15) is 30.1 Å². The molecule has 2 rings (SSSR count). The van der Waals surface area contributed by atoms with Crippen molar-refractivity contribution in [2.24, 2.45) is 5.92 Å². The van der Waals surface area contributed by atoms with Crippen molar-refractivity contribution in [1.82, 2.24) is 5.32 Å². The van der Waals surface area contributed by atoms with Gasteiger partial charge in [-0.2, -0.15) is 0 Å². The SMILES string of the molecule is CCC1CNCCC1OC(=O)c1ccccc1. The van der Waals surface area contributed by atoms with Crippen molar-refractivity contribution in [1.29, 1.82) is 0 Å². The molecule has 1 N–H and O–H groups in total. The summed E-state index contributed by atoms with van der Waals surface area (Å²) in [7, 11) is 0. The zero-order valence-corrected chi connectivity index (χ0v) is 10.2. The maximum atomic E-state index is 11.9. The van der Waals surface area contributed by atoms with E-state index in [1.807, 2.05) is 18.2 Å². The van der Waals surface area contributed by atoms with Gasteiger partial charge in [0.25, 0.3) is 0 Å². The Hall–Kier alpha value is -1.35. The van der Waals surface area contributed by atoms with Gasteiger partial charge in [-0.3, -0.25) is 0 Å². The number of carbonyl (C=O) groups excluding carboxylic acids is 1. The van der Waals surface area contributed by atoms with Gasteiger partial charge in [0, 0.05) is 12.5 Å². The van der Waals surface area contributed by atoms with Gasteiger partial charge in [-0.05, 0) is 31.5 Å². The highest BCUT2D eigenvalue weighted by molar-refractivity contribution is 5.89. The maximum absolute atomic E-state index is 11.9. The lowest BCUT2D eigenvalue weighted by atomic mass is 9.93. The Bertz CT molecular complexity index is 364. The molecule has 0 spiro atoms. The minimum absolute atomic E-state index is 0.0638. The van der Waals surface area contributed by atoms with E-state index in [0.29, 0.717) is 11.5 Å². The summed E-state index contributed by atoms with van der Waals surface area (Å²) >= 11 is 0. The van der Waals surface area contributed by atoms with Crippen molar-refractivity contribution in [2.45, 2.75) is 25.9 Å². The summed E-state index contributed by atoms with van der Waals surface area (Å²) < 4.78 is 5.60. The summed E-state index contributed by atoms with van der Waals surface area (Å²) in [5.74, 6) is 0.243. The van der Waals surface area contributed by atoms with E-state index < -0.39 is 0 Å². The molecule has 0 amide bonds. The third kappa shape index (κ3) is 3.07. The van der Waals surface area contributed by atoms with Gasteiger partial charge in [-0.15, -0.1) is 0 Å². The highest BCUT2D eigenvalue weighted by Gasteiger charge is 2.26. The van der Waals surface area contributed by atoms with Gasteiger partial charge < -0.3 is 10.1 Å². The van der Waals surface area contributed by atoms with Crippen molar-refractivity contribution in [3.63, 3.8) is 0 Å². The van der Waals surface area contributed by atoms with E-state index in [1.54, 1.807) is 12.1 Å². The van der Waals surface area contributed by atoms with Crippen LogP contribution in [0.25, 0.3) is 0 Å². The fourth-order valence-electron chi connectivity index (χ4n) is 2.24. The summed E-state index contributed by atoms with van der Waals surface area (Å²) in [4.78, 5) is 11.9. The molecule has 2 atom stereocenters. The van der Waals surface area contributed by atoms with Crippen molar-refractivity contribution < 1.29 is 9.53 Å². The van der Waals surface area contributed by atoms with Crippen LogP contribution in [0.3, 0.4) is 0 Å². The van der Waals surface area contributed by atoms with E-state index in [1.165, 1.54) is 0 Å². The molecule has 0 aliphatic carbocycles. The molecule has 17 heavy (non-hydrogen) atoms. The predicted molar refractivity (Wildman–Crippen MR) is 66.9 cm³/mol. The van der Waals surface area contributed by atoms with E-state index >= 15 is 0 Å². The van der Waals surface area contributed by atoms with Crippen molar-refractivity contribution in [3.05, 3.63) is 35.9 Å². The largest absolute Gasteiger partial charge is 0.458 e. The lowest BCUT2D eigenvalue weighted by Gasteiger charge is -2.31. The smallest absolute Gasteiger partial charge is 0.338 e. The van der Waals surface area contributed by atoms with Crippen LogP contribution in [0.5, 0.6) is 0 Å². The third-order valence-electron chi connectivity index (χ3n) is 3.33. The van der Waals surface area contributed by atoms with Crippen LogP contribution in [0.2, 0.25) is 0 Å². The summed E-state index contributed by atoms with van der Waals surface area (Å²) in [6, 6.07) is 9.21. The normalized spacial score (nSPS) is 24.3. The van der Waals surface area contributed by atoms with E-state index in [0.717, 1.165) is 25.9 Å². The number of carbonyl (C=O) groups is 1. The van der Waals surface area contributed by atoms with Gasteiger partial charge >= 0.3 is 5.97 Å². The van der Waals surface area contributed by atoms with Crippen LogP contribution in [-0.4, -0.2) is 25.2 Å². The highest BCUT2D eigenvalue weighted by atomic mass is 16.5. The Kier molecular flexibility index (Phi) is 4.15. The number of hydrogen-bond acceptors (Lipinski definition) is 3. The second-order valence-electron chi connectivity index (χ2n) is 4.47. The zero-order chi connectivity index (χ0) is 12.1. The van der Waals surface area contributed by atoms with Gasteiger partial charge in [-0.25, -0.2) is 4.79 Å². The number of ether oxygens (including phenoxy) is 1. The fourth-order valence-corrected chi connectivity index (χ4v) is 2.24. The average molecular weight is 233 g/mol. The Balaban J connectivity index is 1.98. The summed E-state index contributed by atoms with van der Waals surface area (Å²) in [6.07, 6.45) is 2.02. The molecule has 2 unspecified atom stereocenters. The van der Waals surface area contributed by atoms with Gasteiger partial charge in [0.2, 0.25) is 0 Å². The van der Waals surface area contributed by atoms with Gasteiger partial charge in [0.05, 0.1) is 5.56 Å². The third-order valence-corrected chi connectivity index (χ3v) is 3.33. The molecule has 0 bridgehead atoms. The molecule has 0 saturated carbocycles. The van der Waals surface area contributed by atoms with Crippen molar-refractivity contribution in [2.75, 3.05) is 13.1 Å². The van der Waals surface area contributed by atoms with Crippen LogP contribution < -0.4 is 5.32 Å². The Morgan fingerprint density at radius 1 is 1.41 bits per heavy atom. The number of hydrogen-bond donors (Lipinski definition) is 1. The summed E-state index contributed by atoms with van der Waals surface area (Å²) in [5, 5.41) is 3.34. The van der Waals surface area contributed by atoms with Gasteiger partial charge in [0.1, 0.15) is 6.10 Å². The van der Waals surface area contributed by atoms with E-state index in [4.69, 9.17) is 4.74 Å². The number of piperidine rings is 1. The van der Waals surface area contributed by atoms with Crippen LogP contribution in [-0.2, 0) is 4.74 Å². The Morgan fingerprint density at radius 2 is 2.18 bits per heavy atom. The molecule has 1 aromatic carbocycles. The molecule has 1 aliphatic heterocycles. The standard InChI is InChI=1S/C14H19NO2/c1-2-11-10-15-9-8-13(11)17-14(16)12-6-4-3-5-7-12/h3-7,11,13,15H,2,8-10H2,1H3. The number of benzene rings is 1. The zero-order valence-electron chi connectivity index (χ0n) is 10.2. The maximum Gasteiger partial charge on any atom is 0.338 e. The monoisotopic (exact) mass is 233 g/mol. The second-order valence-corrected chi connectivity index (χ2v) is 4.47. The highest BCUT2D eigenvalue weighted by Crippen LogP contribution is 2.19. The van der Waals surface area contributed by atoms with Gasteiger partial charge in [0.15, 0.2) is 0 Å². The predicted octanol–water partition coefficient (Wildman–Crippen LogP) is 2.23.